The van der Waals surface area contributed by atoms with Gasteiger partial charge in [0, 0.05) is 60.7 Å². The molecule has 5 nitrogen and oxygen atoms in total. The maximum atomic E-state index is 11.0. The Morgan fingerprint density at radius 2 is 1.16 bits per heavy atom. The molecule has 1 N–H and O–H groups in total. The smallest absolute Gasteiger partial charge is 0.148 e. The first-order valence-electron chi connectivity index (χ1n) is 19.3. The van der Waals surface area contributed by atoms with E-state index in [-0.39, 0.29) is 32.2 Å². The zero-order chi connectivity index (χ0) is 38.7. The molecule has 0 unspecified atom stereocenters. The van der Waals surface area contributed by atoms with Crippen molar-refractivity contribution in [1.82, 2.24) is 19.1 Å². The predicted molar refractivity (Wildman–Crippen MR) is 234 cm³/mol. The molecule has 3 aromatic heterocycles. The van der Waals surface area contributed by atoms with Gasteiger partial charge in [0.15, 0.2) is 0 Å². The van der Waals surface area contributed by atoms with Gasteiger partial charge in [-0.2, -0.15) is 0 Å². The summed E-state index contributed by atoms with van der Waals surface area (Å²) in [6.07, 6.45) is 1.91. The summed E-state index contributed by atoms with van der Waals surface area (Å²) in [6, 6.07) is 62.3. The molecule has 3 heterocycles. The van der Waals surface area contributed by atoms with Crippen LogP contribution >= 0.6 is 0 Å². The number of para-hydroxylation sites is 6. The second-order valence-electron chi connectivity index (χ2n) is 15.6. The van der Waals surface area contributed by atoms with Crippen LogP contribution in [0.15, 0.2) is 176 Å². The summed E-state index contributed by atoms with van der Waals surface area (Å²) in [6.45, 7) is 6.72. The third kappa shape index (κ3) is 6.33. The number of aromatic nitrogens is 4. The summed E-state index contributed by atoms with van der Waals surface area (Å²) in [4.78, 5) is 10.3. The largest absolute Gasteiger partial charge is 0.507 e. The van der Waals surface area contributed by atoms with E-state index in [1.54, 1.807) is 6.07 Å². The average Bonchev–Trinajstić information content (AvgIpc) is 3.81. The van der Waals surface area contributed by atoms with Crippen molar-refractivity contribution in [3.8, 4) is 62.0 Å². The predicted octanol–water partition coefficient (Wildman–Crippen LogP) is 13.0. The molecule has 0 aliphatic rings. The number of phenols is 1. The second kappa shape index (κ2) is 14.8. The van der Waals surface area contributed by atoms with Crippen LogP contribution in [0, 0.1) is 6.07 Å². The minimum absolute atomic E-state index is 0. The van der Waals surface area contributed by atoms with E-state index in [0.29, 0.717) is 11.4 Å². The number of hydrogen-bond acceptors (Lipinski definition) is 3. The van der Waals surface area contributed by atoms with E-state index in [4.69, 9.17) is 9.97 Å². The van der Waals surface area contributed by atoms with Gasteiger partial charge in [-0.25, -0.2) is 4.98 Å². The number of fused-ring (bicyclic) bond motifs is 4. The number of pyridine rings is 1. The molecule has 0 fully saturated rings. The number of aromatic hydroxyl groups is 1. The summed E-state index contributed by atoms with van der Waals surface area (Å²) in [5, 5.41) is 13.5. The molecular weight excluding hydrogens is 892 g/mol. The first kappa shape index (κ1) is 37.0. The van der Waals surface area contributed by atoms with E-state index >= 15 is 0 Å². The van der Waals surface area contributed by atoms with Gasteiger partial charge in [-0.1, -0.05) is 135 Å². The van der Waals surface area contributed by atoms with Crippen LogP contribution in [0.4, 0.5) is 0 Å². The first-order chi connectivity index (χ1) is 27.8. The molecule has 10 rings (SSSR count). The minimum Gasteiger partial charge on any atom is -0.507 e. The van der Waals surface area contributed by atoms with Gasteiger partial charge in [0.05, 0.1) is 27.6 Å². The van der Waals surface area contributed by atoms with Crippen LogP contribution in [-0.4, -0.2) is 24.2 Å². The van der Waals surface area contributed by atoms with Crippen LogP contribution < -0.4 is 0 Å². The molecule has 0 bridgehead atoms. The molecule has 0 aliphatic carbocycles. The number of hydrogen-bond donors (Lipinski definition) is 1. The Hall–Kier alpha value is -6.55. The quantitative estimate of drug-likeness (QED) is 0.169. The van der Waals surface area contributed by atoms with Crippen LogP contribution in [0.25, 0.3) is 89.1 Å². The molecule has 0 saturated carbocycles. The molecule has 0 saturated heterocycles. The Morgan fingerprint density at radius 1 is 0.552 bits per heavy atom. The summed E-state index contributed by atoms with van der Waals surface area (Å²) in [5.74, 6) is 0.853. The molecule has 6 heteroatoms. The zero-order valence-corrected chi connectivity index (χ0v) is 34.6. The molecular formula is C52H39N4OPt-. The van der Waals surface area contributed by atoms with Crippen molar-refractivity contribution in [2.24, 2.45) is 0 Å². The van der Waals surface area contributed by atoms with Gasteiger partial charge in [0.25, 0.3) is 0 Å². The third-order valence-electron chi connectivity index (χ3n) is 10.9. The standard InChI is InChI=1S/C52H39N4O.Pt/c1-52(2,3)37-31-35(40-22-15-26-47-49(40)54-51(44-21-11-13-27-48(44)57)56(47)39-18-8-5-9-19-39)30-36(32-37)45-33-34(28-29-53-45)41-23-14-24-43-42-20-10-12-25-46(42)55(50(41)43)38-16-6-4-7-17-38;/h4-29,31-33,57H,1-3H3;/q-1;. The number of benzene rings is 7. The van der Waals surface area contributed by atoms with Gasteiger partial charge in [-0.15, -0.1) is 29.3 Å². The van der Waals surface area contributed by atoms with Crippen molar-refractivity contribution in [2.75, 3.05) is 0 Å². The van der Waals surface area contributed by atoms with Gasteiger partial charge < -0.3 is 9.67 Å². The molecule has 284 valence electrons. The second-order valence-corrected chi connectivity index (χ2v) is 15.6. The van der Waals surface area contributed by atoms with Gasteiger partial charge >= 0.3 is 0 Å². The fourth-order valence-electron chi connectivity index (χ4n) is 8.13. The van der Waals surface area contributed by atoms with Gasteiger partial charge in [-0.3, -0.25) is 9.55 Å². The molecule has 58 heavy (non-hydrogen) atoms. The molecule has 10 aromatic rings. The fourth-order valence-corrected chi connectivity index (χ4v) is 8.13. The maximum Gasteiger partial charge on any atom is 0.148 e. The average molecular weight is 931 g/mol. The fraction of sp³-hybridized carbons (Fsp3) is 0.0769. The van der Waals surface area contributed by atoms with Crippen molar-refractivity contribution in [1.29, 1.82) is 0 Å². The summed E-state index contributed by atoms with van der Waals surface area (Å²) >= 11 is 0. The van der Waals surface area contributed by atoms with Crippen LogP contribution in [-0.2, 0) is 26.5 Å². The van der Waals surface area contributed by atoms with Gasteiger partial charge in [0.2, 0.25) is 0 Å². The Labute approximate surface area is 352 Å². The van der Waals surface area contributed by atoms with E-state index in [1.807, 2.05) is 42.6 Å². The van der Waals surface area contributed by atoms with Crippen molar-refractivity contribution < 1.29 is 26.2 Å². The number of imidazole rings is 1. The number of phenolic OH excluding ortho intramolecular Hbond substituents is 1. The monoisotopic (exact) mass is 930 g/mol. The van der Waals surface area contributed by atoms with Crippen LogP contribution in [0.3, 0.4) is 0 Å². The van der Waals surface area contributed by atoms with Crippen LogP contribution in [0.5, 0.6) is 5.75 Å². The molecule has 0 atom stereocenters. The Kier molecular flexibility index (Phi) is 9.42. The minimum atomic E-state index is -0.156. The summed E-state index contributed by atoms with van der Waals surface area (Å²) in [5.41, 5.74) is 13.7. The molecule has 0 amide bonds. The van der Waals surface area contributed by atoms with Gasteiger partial charge in [0.1, 0.15) is 11.6 Å². The maximum absolute atomic E-state index is 11.0. The SMILES string of the molecule is CC(C)(C)c1cc(-c2cc(-c3cccc4c5ccccc5n(-c5ccccc5)c34)ccn2)[c-]c(-c2cccc3c2nc(-c2ccccc2O)n3-c2ccccc2)c1.[Pt]. The van der Waals surface area contributed by atoms with E-state index in [1.165, 1.54) is 21.9 Å². The van der Waals surface area contributed by atoms with Crippen LogP contribution in [0.2, 0.25) is 0 Å². The molecule has 0 radical (unpaired) electrons. The van der Waals surface area contributed by atoms with Crippen molar-refractivity contribution in [3.63, 3.8) is 0 Å². The first-order valence-corrected chi connectivity index (χ1v) is 19.3. The molecule has 0 spiro atoms. The Bertz CT molecular complexity index is 3120. The summed E-state index contributed by atoms with van der Waals surface area (Å²) in [7, 11) is 0. The topological polar surface area (TPSA) is 55.9 Å². The number of rotatable bonds is 6. The van der Waals surface area contributed by atoms with Crippen LogP contribution in [0.1, 0.15) is 26.3 Å². The molecule has 7 aromatic carbocycles. The van der Waals surface area contributed by atoms with Crippen molar-refractivity contribution >= 4 is 32.8 Å². The van der Waals surface area contributed by atoms with E-state index in [9.17, 15) is 5.11 Å². The van der Waals surface area contributed by atoms with E-state index in [0.717, 1.165) is 61.4 Å². The normalized spacial score (nSPS) is 11.6. The van der Waals surface area contributed by atoms with Crippen molar-refractivity contribution in [3.05, 3.63) is 188 Å². The van der Waals surface area contributed by atoms with Crippen molar-refractivity contribution in [2.45, 2.75) is 26.2 Å². The summed E-state index contributed by atoms with van der Waals surface area (Å²) < 4.78 is 4.51. The molecule has 0 aliphatic heterocycles. The van der Waals surface area contributed by atoms with E-state index < -0.39 is 0 Å². The third-order valence-corrected chi connectivity index (χ3v) is 10.9. The number of nitrogens with zero attached hydrogens (tertiary/aromatic N) is 4. The Balaban J connectivity index is 0.00000436. The van der Waals surface area contributed by atoms with Gasteiger partial charge in [-0.05, 0) is 65.6 Å². The Morgan fingerprint density at radius 3 is 1.91 bits per heavy atom. The van der Waals surface area contributed by atoms with E-state index in [2.05, 4.69) is 163 Å². The zero-order valence-electron chi connectivity index (χ0n) is 32.3.